The third-order valence-corrected chi connectivity index (χ3v) is 5.37. The maximum Gasteiger partial charge on any atom is 0.266 e. The summed E-state index contributed by atoms with van der Waals surface area (Å²) in [5.41, 5.74) is 4.32. The van der Waals surface area contributed by atoms with Crippen molar-refractivity contribution in [3.05, 3.63) is 71.1 Å². The second-order valence-electron chi connectivity index (χ2n) is 6.88. The number of anilines is 1. The first-order valence-electron chi connectivity index (χ1n) is 9.41. The van der Waals surface area contributed by atoms with Crippen LogP contribution in [0, 0.1) is 0 Å². The molecule has 0 saturated heterocycles. The lowest BCUT2D eigenvalue weighted by Crippen LogP contribution is -2.42. The van der Waals surface area contributed by atoms with Gasteiger partial charge >= 0.3 is 0 Å². The van der Waals surface area contributed by atoms with Gasteiger partial charge in [0.25, 0.3) is 11.7 Å². The lowest BCUT2D eigenvalue weighted by molar-refractivity contribution is -0.690. The number of para-hydroxylation sites is 1. The molecular weight excluding hydrogens is 358 g/mol. The molecule has 0 spiro atoms. The Morgan fingerprint density at radius 3 is 2.74 bits per heavy atom. The van der Waals surface area contributed by atoms with Crippen LogP contribution in [0.4, 0.5) is 5.69 Å². The predicted octanol–water partition coefficient (Wildman–Crippen LogP) is 4.24. The van der Waals surface area contributed by atoms with Gasteiger partial charge in [-0.1, -0.05) is 36.7 Å². The lowest BCUT2D eigenvalue weighted by Gasteiger charge is -2.08. The fraction of sp³-hybridized carbons (Fsp3) is 0.273. The van der Waals surface area contributed by atoms with Crippen molar-refractivity contribution in [2.24, 2.45) is 0 Å². The number of aromatic nitrogens is 2. The van der Waals surface area contributed by atoms with Crippen molar-refractivity contribution in [1.29, 1.82) is 0 Å². The summed E-state index contributed by atoms with van der Waals surface area (Å²) in [6, 6.07) is 15.9. The van der Waals surface area contributed by atoms with Gasteiger partial charge < -0.3 is 5.32 Å². The third kappa shape index (κ3) is 3.62. The Bertz CT molecular complexity index is 976. The van der Waals surface area contributed by atoms with E-state index in [-0.39, 0.29) is 5.91 Å². The molecule has 0 bridgehead atoms. The van der Waals surface area contributed by atoms with Crippen molar-refractivity contribution in [3.63, 3.8) is 0 Å². The standard InChI is InChI=1S/C22H22ClN3O/c1-2-16-6-3-4-7-19(16)24-21(27)15-25-14-20(26-13-5-8-22(25)26)17-9-11-18(23)12-10-17/h3-4,6-7,9-12,14H,2,5,8,13,15H2,1H3/p+1. The number of hydrogen-bond acceptors (Lipinski definition) is 1. The predicted molar refractivity (Wildman–Crippen MR) is 108 cm³/mol. The molecular formula is C22H23ClN3O+. The van der Waals surface area contributed by atoms with Crippen molar-refractivity contribution >= 4 is 23.2 Å². The molecule has 2 aromatic carbocycles. The molecule has 0 fully saturated rings. The van der Waals surface area contributed by atoms with Crippen molar-refractivity contribution in [2.75, 3.05) is 5.32 Å². The number of hydrogen-bond donors (Lipinski definition) is 1. The maximum atomic E-state index is 12.7. The van der Waals surface area contributed by atoms with E-state index in [1.54, 1.807) is 0 Å². The number of imidazole rings is 1. The van der Waals surface area contributed by atoms with Crippen LogP contribution in [0.15, 0.2) is 54.7 Å². The van der Waals surface area contributed by atoms with Gasteiger partial charge in [-0.05, 0) is 48.7 Å². The van der Waals surface area contributed by atoms with Crippen LogP contribution in [0.5, 0.6) is 0 Å². The van der Waals surface area contributed by atoms with Crippen molar-refractivity contribution in [3.8, 4) is 11.3 Å². The number of aryl methyl sites for hydroxylation is 1. The number of carbonyl (C=O) groups excluding carboxylic acids is 1. The van der Waals surface area contributed by atoms with Crippen LogP contribution in [0.3, 0.4) is 0 Å². The minimum absolute atomic E-state index is 0.00357. The molecule has 2 heterocycles. The molecule has 1 aliphatic rings. The quantitative estimate of drug-likeness (QED) is 0.660. The van der Waals surface area contributed by atoms with Crippen LogP contribution >= 0.6 is 11.6 Å². The molecule has 27 heavy (non-hydrogen) atoms. The van der Waals surface area contributed by atoms with Gasteiger partial charge in [0.15, 0.2) is 12.2 Å². The third-order valence-electron chi connectivity index (χ3n) is 5.12. The van der Waals surface area contributed by atoms with Gasteiger partial charge in [0.1, 0.15) is 6.20 Å². The first-order chi connectivity index (χ1) is 13.2. The number of rotatable bonds is 5. The largest absolute Gasteiger partial charge is 0.322 e. The Morgan fingerprint density at radius 2 is 1.96 bits per heavy atom. The van der Waals surface area contributed by atoms with Gasteiger partial charge in [-0.3, -0.25) is 4.79 Å². The SMILES string of the molecule is CCc1ccccc1NC(=O)C[n+]1cc(-c2ccc(Cl)cc2)n2c1CCC2. The summed E-state index contributed by atoms with van der Waals surface area (Å²) < 4.78 is 4.40. The maximum absolute atomic E-state index is 12.7. The molecule has 3 aromatic rings. The van der Waals surface area contributed by atoms with Crippen LogP contribution < -0.4 is 9.88 Å². The summed E-state index contributed by atoms with van der Waals surface area (Å²) >= 11 is 6.03. The van der Waals surface area contributed by atoms with Crippen molar-refractivity contribution in [2.45, 2.75) is 39.3 Å². The molecule has 0 radical (unpaired) electrons. The van der Waals surface area contributed by atoms with E-state index in [4.69, 9.17) is 11.6 Å². The average molecular weight is 381 g/mol. The highest BCUT2D eigenvalue weighted by molar-refractivity contribution is 6.30. The van der Waals surface area contributed by atoms with E-state index in [9.17, 15) is 4.79 Å². The minimum Gasteiger partial charge on any atom is -0.322 e. The van der Waals surface area contributed by atoms with Crippen LogP contribution in [0.25, 0.3) is 11.3 Å². The number of nitrogens with one attached hydrogen (secondary N) is 1. The molecule has 0 atom stereocenters. The molecule has 138 valence electrons. The summed E-state index contributed by atoms with van der Waals surface area (Å²) in [6.07, 6.45) is 5.08. The fourth-order valence-electron chi connectivity index (χ4n) is 3.79. The molecule has 1 N–H and O–H groups in total. The second-order valence-corrected chi connectivity index (χ2v) is 7.32. The summed E-state index contributed by atoms with van der Waals surface area (Å²) in [7, 11) is 0. The van der Waals surface area contributed by atoms with Crippen LogP contribution in [-0.2, 0) is 30.7 Å². The highest BCUT2D eigenvalue weighted by Crippen LogP contribution is 2.26. The Kier molecular flexibility index (Phi) is 4.99. The zero-order chi connectivity index (χ0) is 18.8. The van der Waals surface area contributed by atoms with Crippen molar-refractivity contribution < 1.29 is 9.36 Å². The lowest BCUT2D eigenvalue weighted by atomic mass is 10.1. The highest BCUT2D eigenvalue weighted by Gasteiger charge is 2.29. The number of halogens is 1. The Labute approximate surface area is 164 Å². The second kappa shape index (κ2) is 7.57. The van der Waals surface area contributed by atoms with Gasteiger partial charge in [-0.15, -0.1) is 0 Å². The van der Waals surface area contributed by atoms with E-state index in [0.29, 0.717) is 6.54 Å². The normalized spacial score (nSPS) is 12.8. The smallest absolute Gasteiger partial charge is 0.266 e. The molecule has 1 aliphatic heterocycles. The zero-order valence-electron chi connectivity index (χ0n) is 15.4. The first-order valence-corrected chi connectivity index (χ1v) is 9.79. The molecule has 4 rings (SSSR count). The van der Waals surface area contributed by atoms with Crippen LogP contribution in [0.1, 0.15) is 24.7 Å². The zero-order valence-corrected chi connectivity index (χ0v) is 16.2. The van der Waals surface area contributed by atoms with Crippen molar-refractivity contribution in [1.82, 2.24) is 4.57 Å². The fourth-order valence-corrected chi connectivity index (χ4v) is 3.92. The molecule has 4 nitrogen and oxygen atoms in total. The van der Waals surface area contributed by atoms with E-state index in [1.165, 1.54) is 5.82 Å². The van der Waals surface area contributed by atoms with Gasteiger partial charge in [0.05, 0.1) is 13.0 Å². The molecule has 1 amide bonds. The molecule has 0 aliphatic carbocycles. The molecule has 0 saturated carbocycles. The van der Waals surface area contributed by atoms with Crippen LogP contribution in [-0.4, -0.2) is 10.5 Å². The Hall–Kier alpha value is -2.59. The van der Waals surface area contributed by atoms with E-state index >= 15 is 0 Å². The number of nitrogens with zero attached hydrogens (tertiary/aromatic N) is 2. The summed E-state index contributed by atoms with van der Waals surface area (Å²) in [5.74, 6) is 1.21. The molecule has 0 unspecified atom stereocenters. The molecule has 1 aromatic heterocycles. The van der Waals surface area contributed by atoms with Crippen LogP contribution in [0.2, 0.25) is 5.02 Å². The summed E-state index contributed by atoms with van der Waals surface area (Å²) in [4.78, 5) is 12.7. The number of benzene rings is 2. The number of amides is 1. The van der Waals surface area contributed by atoms with E-state index in [0.717, 1.165) is 53.3 Å². The Morgan fingerprint density at radius 1 is 1.19 bits per heavy atom. The van der Waals surface area contributed by atoms with E-state index in [2.05, 4.69) is 33.6 Å². The minimum atomic E-state index is 0.00357. The highest BCUT2D eigenvalue weighted by atomic mass is 35.5. The number of fused-ring (bicyclic) bond motifs is 1. The topological polar surface area (TPSA) is 37.9 Å². The Balaban J connectivity index is 1.58. The van der Waals surface area contributed by atoms with E-state index < -0.39 is 0 Å². The monoisotopic (exact) mass is 380 g/mol. The van der Waals surface area contributed by atoms with Gasteiger partial charge in [-0.2, -0.15) is 0 Å². The van der Waals surface area contributed by atoms with Gasteiger partial charge in [0, 0.05) is 16.3 Å². The van der Waals surface area contributed by atoms with Gasteiger partial charge in [0.2, 0.25) is 0 Å². The molecule has 5 heteroatoms. The number of carbonyl (C=O) groups is 1. The summed E-state index contributed by atoms with van der Waals surface area (Å²) in [5, 5.41) is 3.80. The average Bonchev–Trinajstić information content (AvgIpc) is 3.27. The van der Waals surface area contributed by atoms with Gasteiger partial charge in [-0.25, -0.2) is 9.13 Å². The summed E-state index contributed by atoms with van der Waals surface area (Å²) in [6.45, 7) is 3.40. The van der Waals surface area contributed by atoms with E-state index in [1.807, 2.05) is 42.5 Å². The first kappa shape index (κ1) is 17.8.